The van der Waals surface area contributed by atoms with Crippen LogP contribution in [0.15, 0.2) is 34.3 Å². The van der Waals surface area contributed by atoms with Gasteiger partial charge in [0, 0.05) is 28.1 Å². The van der Waals surface area contributed by atoms with Crippen LogP contribution in [0.2, 0.25) is 0 Å². The Kier molecular flexibility index (Phi) is 5.52. The Hall–Kier alpha value is -3.18. The summed E-state index contributed by atoms with van der Waals surface area (Å²) in [5, 5.41) is 12.2. The number of aromatic nitrogens is 1. The van der Waals surface area contributed by atoms with Gasteiger partial charge in [-0.3, -0.25) is 9.59 Å². The second-order valence-electron chi connectivity index (χ2n) is 5.82. The molecule has 0 spiro atoms. The number of ether oxygens (including phenoxy) is 2. The van der Waals surface area contributed by atoms with E-state index in [0.29, 0.717) is 21.9 Å². The van der Waals surface area contributed by atoms with Crippen LogP contribution >= 0.6 is 11.3 Å². The van der Waals surface area contributed by atoms with Crippen LogP contribution in [0.1, 0.15) is 22.2 Å². The first kappa shape index (κ1) is 18.6. The minimum atomic E-state index is -1.03. The van der Waals surface area contributed by atoms with Crippen LogP contribution in [-0.2, 0) is 20.7 Å². The highest BCUT2D eigenvalue weighted by Crippen LogP contribution is 2.26. The average Bonchev–Trinajstić information content (AvgIpc) is 3.26. The van der Waals surface area contributed by atoms with Crippen molar-refractivity contribution in [3.05, 3.63) is 46.1 Å². The molecule has 0 saturated heterocycles. The van der Waals surface area contributed by atoms with Crippen molar-refractivity contribution in [1.82, 2.24) is 4.98 Å². The molecule has 2 heterocycles. The molecule has 27 heavy (non-hydrogen) atoms. The maximum absolute atomic E-state index is 12.2. The fourth-order valence-corrected chi connectivity index (χ4v) is 3.40. The summed E-state index contributed by atoms with van der Waals surface area (Å²) in [5.74, 6) is -1.45. The Morgan fingerprint density at radius 3 is 2.89 bits per heavy atom. The lowest BCUT2D eigenvalue weighted by Crippen LogP contribution is -2.20. The Labute approximate surface area is 159 Å². The maximum atomic E-state index is 12.2. The number of thiazole rings is 1. The smallest absolute Gasteiger partial charge is 0.310 e. The van der Waals surface area contributed by atoms with E-state index in [1.54, 1.807) is 37.6 Å². The van der Waals surface area contributed by atoms with E-state index in [-0.39, 0.29) is 6.42 Å². The molecule has 0 aliphatic carbocycles. The molecule has 0 aliphatic rings. The second-order valence-corrected chi connectivity index (χ2v) is 6.71. The number of nitrogens with zero attached hydrogens (tertiary/aromatic N) is 2. The Morgan fingerprint density at radius 2 is 2.22 bits per heavy atom. The fraction of sp³-hybridized carbons (Fsp3) is 0.263. The lowest BCUT2D eigenvalue weighted by molar-refractivity contribution is -0.147. The van der Waals surface area contributed by atoms with Gasteiger partial charge in [0.15, 0.2) is 18.3 Å². The molecule has 138 valence electrons. The molecule has 1 aromatic carbocycles. The first-order valence-corrected chi connectivity index (χ1v) is 8.94. The zero-order chi connectivity index (χ0) is 19.4. The lowest BCUT2D eigenvalue weighted by Gasteiger charge is -2.06. The van der Waals surface area contributed by atoms with E-state index < -0.39 is 24.3 Å². The second kappa shape index (κ2) is 8.01. The first-order valence-electron chi connectivity index (χ1n) is 8.06. The van der Waals surface area contributed by atoms with E-state index in [1.165, 1.54) is 17.6 Å². The number of ketones is 1. The monoisotopic (exact) mass is 384 g/mol. The maximum Gasteiger partial charge on any atom is 0.310 e. The molecule has 3 rings (SSSR count). The summed E-state index contributed by atoms with van der Waals surface area (Å²) in [6.07, 6.45) is 1.43. The van der Waals surface area contributed by atoms with Gasteiger partial charge < -0.3 is 13.9 Å². The van der Waals surface area contributed by atoms with Gasteiger partial charge in [-0.05, 0) is 19.1 Å². The highest BCUT2D eigenvalue weighted by atomic mass is 32.1. The van der Waals surface area contributed by atoms with Gasteiger partial charge in [-0.25, -0.2) is 4.98 Å². The zero-order valence-electron chi connectivity index (χ0n) is 14.7. The molecule has 0 unspecified atom stereocenters. The zero-order valence-corrected chi connectivity index (χ0v) is 15.5. The average molecular weight is 384 g/mol. The number of aryl methyl sites for hydroxylation is 1. The summed E-state index contributed by atoms with van der Waals surface area (Å²) < 4.78 is 15.6. The van der Waals surface area contributed by atoms with Gasteiger partial charge in [0.1, 0.15) is 16.3 Å². The minimum absolute atomic E-state index is 0.0415. The number of fused-ring (bicyclic) bond motifs is 1. The summed E-state index contributed by atoms with van der Waals surface area (Å²) in [5.41, 5.74) is 1.98. The molecule has 0 fully saturated rings. The number of hydrogen-bond acceptors (Lipinski definition) is 8. The standard InChI is InChI=1S/C19H16N2O5S/c1-11-10-27-19(21-11)15(7-20)16(22)9-26-18(23)5-12-8-25-17-6-13(24-2)3-4-14(12)17/h3-4,6,8,10,15H,5,9H2,1-2H3/t15-/m1/s1. The summed E-state index contributed by atoms with van der Waals surface area (Å²) in [4.78, 5) is 28.5. The van der Waals surface area contributed by atoms with Gasteiger partial charge >= 0.3 is 5.97 Å². The van der Waals surface area contributed by atoms with Crippen LogP contribution in [0.25, 0.3) is 11.0 Å². The number of benzene rings is 1. The Balaban J connectivity index is 1.61. The van der Waals surface area contributed by atoms with Crippen LogP contribution < -0.4 is 4.74 Å². The van der Waals surface area contributed by atoms with Gasteiger partial charge in [-0.2, -0.15) is 5.26 Å². The molecule has 3 aromatic rings. The van der Waals surface area contributed by atoms with Crippen LogP contribution in [-0.4, -0.2) is 30.5 Å². The number of carbonyl (C=O) groups is 2. The SMILES string of the molecule is COc1ccc2c(CC(=O)OCC(=O)[C@@H](C#N)c3nc(C)cs3)coc2c1. The predicted octanol–water partition coefficient (Wildman–Crippen LogP) is 3.17. The van der Waals surface area contributed by atoms with E-state index in [1.807, 2.05) is 6.07 Å². The van der Waals surface area contributed by atoms with Gasteiger partial charge in [0.25, 0.3) is 0 Å². The predicted molar refractivity (Wildman–Crippen MR) is 97.6 cm³/mol. The molecule has 0 amide bonds. The van der Waals surface area contributed by atoms with Gasteiger partial charge in [0.2, 0.25) is 0 Å². The molecule has 0 saturated carbocycles. The highest BCUT2D eigenvalue weighted by molar-refractivity contribution is 7.09. The van der Waals surface area contributed by atoms with Crippen molar-refractivity contribution >= 4 is 34.1 Å². The highest BCUT2D eigenvalue weighted by Gasteiger charge is 2.24. The van der Waals surface area contributed by atoms with Gasteiger partial charge in [-0.15, -0.1) is 11.3 Å². The summed E-state index contributed by atoms with van der Waals surface area (Å²) in [7, 11) is 1.56. The number of rotatable bonds is 7. The van der Waals surface area contributed by atoms with Gasteiger partial charge in [-0.1, -0.05) is 0 Å². The quantitative estimate of drug-likeness (QED) is 0.576. The Morgan fingerprint density at radius 1 is 1.41 bits per heavy atom. The third-order valence-corrected chi connectivity index (χ3v) is 4.94. The topological polar surface area (TPSA) is 102 Å². The summed E-state index contributed by atoms with van der Waals surface area (Å²) >= 11 is 1.24. The molecular formula is C19H16N2O5S. The lowest BCUT2D eigenvalue weighted by atomic mass is 10.1. The van der Waals surface area contributed by atoms with Gasteiger partial charge in [0.05, 0.1) is 25.9 Å². The Bertz CT molecular complexity index is 1030. The largest absolute Gasteiger partial charge is 0.497 e. The molecule has 2 aromatic heterocycles. The third kappa shape index (κ3) is 4.15. The van der Waals surface area contributed by atoms with Crippen molar-refractivity contribution in [1.29, 1.82) is 5.26 Å². The molecule has 0 aliphatic heterocycles. The number of furan rings is 1. The number of carbonyl (C=O) groups excluding carboxylic acids is 2. The number of esters is 1. The molecule has 8 heteroatoms. The van der Waals surface area contributed by atoms with Crippen molar-refractivity contribution in [2.45, 2.75) is 19.3 Å². The van der Waals surface area contributed by atoms with E-state index in [0.717, 1.165) is 11.1 Å². The van der Waals surface area contributed by atoms with Crippen LogP contribution in [0.3, 0.4) is 0 Å². The number of Topliss-reactive ketones (excluding diaryl/α,β-unsaturated/α-hetero) is 1. The molecule has 0 N–H and O–H groups in total. The van der Waals surface area contributed by atoms with Crippen LogP contribution in [0.5, 0.6) is 5.75 Å². The van der Waals surface area contributed by atoms with E-state index in [4.69, 9.17) is 13.9 Å². The van der Waals surface area contributed by atoms with Crippen molar-refractivity contribution in [3.63, 3.8) is 0 Å². The molecule has 1 atom stereocenters. The molecular weight excluding hydrogens is 368 g/mol. The van der Waals surface area contributed by atoms with E-state index >= 15 is 0 Å². The van der Waals surface area contributed by atoms with Crippen molar-refractivity contribution < 1.29 is 23.5 Å². The number of hydrogen-bond donors (Lipinski definition) is 0. The number of nitriles is 1. The first-order chi connectivity index (χ1) is 13.0. The summed E-state index contributed by atoms with van der Waals surface area (Å²) in [6.45, 7) is 1.31. The molecule has 7 nitrogen and oxygen atoms in total. The van der Waals surface area contributed by atoms with Crippen LogP contribution in [0.4, 0.5) is 0 Å². The molecule has 0 bridgehead atoms. The fourth-order valence-electron chi connectivity index (χ4n) is 2.54. The van der Waals surface area contributed by atoms with Crippen molar-refractivity contribution in [2.75, 3.05) is 13.7 Å². The molecule has 0 radical (unpaired) electrons. The van der Waals surface area contributed by atoms with Crippen LogP contribution in [0, 0.1) is 18.3 Å². The van der Waals surface area contributed by atoms with Crippen molar-refractivity contribution in [3.8, 4) is 11.8 Å². The minimum Gasteiger partial charge on any atom is -0.497 e. The van der Waals surface area contributed by atoms with Crippen molar-refractivity contribution in [2.24, 2.45) is 0 Å². The third-order valence-electron chi connectivity index (χ3n) is 3.91. The normalized spacial score (nSPS) is 11.7. The summed E-state index contributed by atoms with van der Waals surface area (Å²) in [6, 6.07) is 7.20. The number of methoxy groups -OCH3 is 1. The van der Waals surface area contributed by atoms with E-state index in [2.05, 4.69) is 4.98 Å². The van der Waals surface area contributed by atoms with E-state index in [9.17, 15) is 14.9 Å².